The lowest BCUT2D eigenvalue weighted by atomic mass is 10.1. The maximum atomic E-state index is 11.7. The number of carbonyl (C=O) groups is 1. The lowest BCUT2D eigenvalue weighted by molar-refractivity contribution is 0.0341. The highest BCUT2D eigenvalue weighted by atomic mass is 16.5. The molecule has 1 aromatic rings. The minimum Gasteiger partial charge on any atom is -0.379 e. The number of rotatable bonds is 7. The standard InChI is InChI=1S/C17H27N3O2/c1-2-3-8-18-17(21)19-13-15-6-4-5-7-16(15)14-20-9-11-22-12-10-20/h4-7H,2-3,8-14H2,1H3,(H2,18,19,21). The molecule has 5 heteroatoms. The van der Waals surface area contributed by atoms with E-state index in [-0.39, 0.29) is 6.03 Å². The molecule has 0 aromatic heterocycles. The van der Waals surface area contributed by atoms with Crippen molar-refractivity contribution in [3.8, 4) is 0 Å². The maximum Gasteiger partial charge on any atom is 0.315 e. The topological polar surface area (TPSA) is 53.6 Å². The summed E-state index contributed by atoms with van der Waals surface area (Å²) in [6, 6.07) is 8.22. The van der Waals surface area contributed by atoms with Crippen molar-refractivity contribution in [2.45, 2.75) is 32.9 Å². The number of nitrogens with one attached hydrogen (secondary N) is 2. The number of ether oxygens (including phenoxy) is 1. The number of unbranched alkanes of at least 4 members (excludes halogenated alkanes) is 1. The van der Waals surface area contributed by atoms with E-state index in [0.717, 1.165) is 52.2 Å². The van der Waals surface area contributed by atoms with Gasteiger partial charge >= 0.3 is 6.03 Å². The third kappa shape index (κ3) is 5.66. The molecular formula is C17H27N3O2. The molecule has 2 N–H and O–H groups in total. The normalized spacial score (nSPS) is 15.5. The molecular weight excluding hydrogens is 278 g/mol. The molecule has 1 saturated heterocycles. The molecule has 1 fully saturated rings. The number of amides is 2. The zero-order chi connectivity index (χ0) is 15.6. The van der Waals surface area contributed by atoms with Crippen molar-refractivity contribution in [3.05, 3.63) is 35.4 Å². The second-order valence-corrected chi connectivity index (χ2v) is 5.62. The summed E-state index contributed by atoms with van der Waals surface area (Å²) < 4.78 is 5.39. The lowest BCUT2D eigenvalue weighted by Gasteiger charge is -2.27. The Morgan fingerprint density at radius 1 is 1.18 bits per heavy atom. The first-order valence-electron chi connectivity index (χ1n) is 8.18. The monoisotopic (exact) mass is 305 g/mol. The van der Waals surface area contributed by atoms with Gasteiger partial charge in [0.25, 0.3) is 0 Å². The maximum absolute atomic E-state index is 11.7. The van der Waals surface area contributed by atoms with Crippen LogP contribution in [0.1, 0.15) is 30.9 Å². The average molecular weight is 305 g/mol. The van der Waals surface area contributed by atoms with Gasteiger partial charge in [-0.05, 0) is 17.5 Å². The number of urea groups is 1. The predicted molar refractivity (Wildman–Crippen MR) is 87.7 cm³/mol. The van der Waals surface area contributed by atoms with Gasteiger partial charge in [-0.25, -0.2) is 4.79 Å². The summed E-state index contributed by atoms with van der Waals surface area (Å²) in [7, 11) is 0. The number of nitrogens with zero attached hydrogens (tertiary/aromatic N) is 1. The van der Waals surface area contributed by atoms with Crippen molar-refractivity contribution >= 4 is 6.03 Å². The van der Waals surface area contributed by atoms with Crippen molar-refractivity contribution in [1.82, 2.24) is 15.5 Å². The molecule has 0 bridgehead atoms. The van der Waals surface area contributed by atoms with Crippen LogP contribution < -0.4 is 10.6 Å². The van der Waals surface area contributed by atoms with Crippen molar-refractivity contribution in [3.63, 3.8) is 0 Å². The van der Waals surface area contributed by atoms with Gasteiger partial charge in [-0.1, -0.05) is 37.6 Å². The van der Waals surface area contributed by atoms with E-state index >= 15 is 0 Å². The van der Waals surface area contributed by atoms with Crippen LogP contribution in [0.5, 0.6) is 0 Å². The van der Waals surface area contributed by atoms with Crippen LogP contribution in [0.25, 0.3) is 0 Å². The Hall–Kier alpha value is -1.59. The van der Waals surface area contributed by atoms with Gasteiger partial charge in [0, 0.05) is 32.7 Å². The number of hydrogen-bond donors (Lipinski definition) is 2. The van der Waals surface area contributed by atoms with Crippen LogP contribution in [-0.2, 0) is 17.8 Å². The minimum absolute atomic E-state index is 0.0883. The predicted octanol–water partition coefficient (Wildman–Crippen LogP) is 2.12. The van der Waals surface area contributed by atoms with Crippen molar-refractivity contribution in [2.75, 3.05) is 32.8 Å². The Bertz CT molecular complexity index is 459. The highest BCUT2D eigenvalue weighted by Gasteiger charge is 2.12. The van der Waals surface area contributed by atoms with E-state index in [9.17, 15) is 4.79 Å². The van der Waals surface area contributed by atoms with E-state index in [1.165, 1.54) is 11.1 Å². The Morgan fingerprint density at radius 2 is 1.91 bits per heavy atom. The van der Waals surface area contributed by atoms with Gasteiger partial charge in [0.1, 0.15) is 0 Å². The second-order valence-electron chi connectivity index (χ2n) is 5.62. The summed E-state index contributed by atoms with van der Waals surface area (Å²) in [5.41, 5.74) is 2.46. The van der Waals surface area contributed by atoms with E-state index < -0.39 is 0 Å². The number of morpholine rings is 1. The second kappa shape index (κ2) is 9.43. The van der Waals surface area contributed by atoms with Gasteiger partial charge in [-0.15, -0.1) is 0 Å². The Kier molecular flexibility index (Phi) is 7.19. The summed E-state index contributed by atoms with van der Waals surface area (Å²) in [4.78, 5) is 14.1. The first kappa shape index (κ1) is 16.8. The van der Waals surface area contributed by atoms with E-state index in [0.29, 0.717) is 6.54 Å². The summed E-state index contributed by atoms with van der Waals surface area (Å²) in [6.07, 6.45) is 2.10. The van der Waals surface area contributed by atoms with Gasteiger partial charge in [-0.3, -0.25) is 4.90 Å². The third-order valence-corrected chi connectivity index (χ3v) is 3.87. The van der Waals surface area contributed by atoms with Gasteiger partial charge in [0.2, 0.25) is 0 Å². The number of carbonyl (C=O) groups excluding carboxylic acids is 1. The molecule has 22 heavy (non-hydrogen) atoms. The molecule has 1 aliphatic heterocycles. The molecule has 1 aliphatic rings. The fourth-order valence-electron chi connectivity index (χ4n) is 2.50. The van der Waals surface area contributed by atoms with Gasteiger partial charge in [0.05, 0.1) is 13.2 Å². The number of benzene rings is 1. The van der Waals surface area contributed by atoms with Crippen LogP contribution in [0.2, 0.25) is 0 Å². The van der Waals surface area contributed by atoms with Crippen LogP contribution in [-0.4, -0.2) is 43.8 Å². The van der Waals surface area contributed by atoms with Crippen molar-refractivity contribution < 1.29 is 9.53 Å². The van der Waals surface area contributed by atoms with Crippen molar-refractivity contribution in [1.29, 1.82) is 0 Å². The molecule has 5 nitrogen and oxygen atoms in total. The molecule has 0 aliphatic carbocycles. The Balaban J connectivity index is 1.83. The molecule has 0 spiro atoms. The van der Waals surface area contributed by atoms with E-state index in [4.69, 9.17) is 4.74 Å². The van der Waals surface area contributed by atoms with E-state index in [2.05, 4.69) is 40.7 Å². The molecule has 0 saturated carbocycles. The first-order valence-corrected chi connectivity index (χ1v) is 8.18. The molecule has 2 amide bonds. The zero-order valence-electron chi connectivity index (χ0n) is 13.4. The molecule has 1 heterocycles. The van der Waals surface area contributed by atoms with E-state index in [1.807, 2.05) is 6.07 Å². The molecule has 0 unspecified atom stereocenters. The van der Waals surface area contributed by atoms with Gasteiger partial charge in [0.15, 0.2) is 0 Å². The average Bonchev–Trinajstić information content (AvgIpc) is 2.55. The van der Waals surface area contributed by atoms with Crippen molar-refractivity contribution in [2.24, 2.45) is 0 Å². The molecule has 122 valence electrons. The SMILES string of the molecule is CCCCNC(=O)NCc1ccccc1CN1CCOCC1. The quantitative estimate of drug-likeness (QED) is 0.759. The number of hydrogen-bond acceptors (Lipinski definition) is 3. The van der Waals surface area contributed by atoms with Gasteiger partial charge in [-0.2, -0.15) is 0 Å². The smallest absolute Gasteiger partial charge is 0.315 e. The molecule has 0 atom stereocenters. The zero-order valence-corrected chi connectivity index (χ0v) is 13.4. The van der Waals surface area contributed by atoms with E-state index in [1.54, 1.807) is 0 Å². The minimum atomic E-state index is -0.0883. The highest BCUT2D eigenvalue weighted by Crippen LogP contribution is 2.12. The largest absolute Gasteiger partial charge is 0.379 e. The Labute approximate surface area is 133 Å². The van der Waals surface area contributed by atoms with Crippen LogP contribution >= 0.6 is 0 Å². The lowest BCUT2D eigenvalue weighted by Crippen LogP contribution is -2.37. The summed E-state index contributed by atoms with van der Waals surface area (Å²) in [6.45, 7) is 7.88. The molecule has 1 aromatic carbocycles. The molecule has 0 radical (unpaired) electrons. The first-order chi connectivity index (χ1) is 10.8. The molecule has 2 rings (SSSR count). The van der Waals surface area contributed by atoms with Crippen LogP contribution in [0.3, 0.4) is 0 Å². The summed E-state index contributed by atoms with van der Waals surface area (Å²) in [5.74, 6) is 0. The van der Waals surface area contributed by atoms with Crippen LogP contribution in [0.15, 0.2) is 24.3 Å². The summed E-state index contributed by atoms with van der Waals surface area (Å²) >= 11 is 0. The summed E-state index contributed by atoms with van der Waals surface area (Å²) in [5, 5.41) is 5.82. The Morgan fingerprint density at radius 3 is 2.64 bits per heavy atom. The third-order valence-electron chi connectivity index (χ3n) is 3.87. The highest BCUT2D eigenvalue weighted by molar-refractivity contribution is 5.73. The fourth-order valence-corrected chi connectivity index (χ4v) is 2.50. The van der Waals surface area contributed by atoms with Crippen LogP contribution in [0.4, 0.5) is 4.79 Å². The van der Waals surface area contributed by atoms with Crippen LogP contribution in [0, 0.1) is 0 Å². The van der Waals surface area contributed by atoms with Gasteiger partial charge < -0.3 is 15.4 Å². The fraction of sp³-hybridized carbons (Fsp3) is 0.588.